The van der Waals surface area contributed by atoms with E-state index in [0.29, 0.717) is 12.5 Å². The number of aliphatic hydroxyl groups is 1. The number of aliphatic hydroxyl groups excluding tert-OH is 1. The van der Waals surface area contributed by atoms with Crippen molar-refractivity contribution in [3.05, 3.63) is 35.9 Å². The van der Waals surface area contributed by atoms with Crippen molar-refractivity contribution in [3.63, 3.8) is 0 Å². The predicted molar refractivity (Wildman–Crippen MR) is 70.7 cm³/mol. The van der Waals surface area contributed by atoms with Gasteiger partial charge in [-0.05, 0) is 38.2 Å². The van der Waals surface area contributed by atoms with Crippen molar-refractivity contribution in [2.24, 2.45) is 5.92 Å². The first kappa shape index (κ1) is 12.6. The summed E-state index contributed by atoms with van der Waals surface area (Å²) < 4.78 is 0. The van der Waals surface area contributed by atoms with E-state index in [1.54, 1.807) is 0 Å². The molecule has 1 aliphatic rings. The smallest absolute Gasteiger partial charge is 0.0434 e. The molecule has 0 spiro atoms. The highest BCUT2D eigenvalue weighted by Crippen LogP contribution is 2.35. The summed E-state index contributed by atoms with van der Waals surface area (Å²) in [7, 11) is 0. The fourth-order valence-electron chi connectivity index (χ4n) is 2.92. The minimum absolute atomic E-state index is 0.260. The highest BCUT2D eigenvalue weighted by molar-refractivity contribution is 5.15. The molecule has 0 radical (unpaired) electrons. The highest BCUT2D eigenvalue weighted by atomic mass is 16.3. The van der Waals surface area contributed by atoms with E-state index in [-0.39, 0.29) is 5.54 Å². The third-order valence-corrected chi connectivity index (χ3v) is 3.88. The van der Waals surface area contributed by atoms with Gasteiger partial charge >= 0.3 is 0 Å². The third kappa shape index (κ3) is 3.08. The number of nitrogens with zero attached hydrogens (tertiary/aromatic N) is 1. The lowest BCUT2D eigenvalue weighted by Gasteiger charge is -2.31. The van der Waals surface area contributed by atoms with Gasteiger partial charge in [0, 0.05) is 25.2 Å². The molecular weight excluding hydrogens is 210 g/mol. The fraction of sp³-hybridized carbons (Fsp3) is 0.600. The van der Waals surface area contributed by atoms with Gasteiger partial charge < -0.3 is 5.11 Å². The monoisotopic (exact) mass is 233 g/mol. The first-order valence-electron chi connectivity index (χ1n) is 6.51. The maximum absolute atomic E-state index is 9.05. The second-order valence-electron chi connectivity index (χ2n) is 5.76. The van der Waals surface area contributed by atoms with Crippen LogP contribution in [0.15, 0.2) is 30.3 Å². The average molecular weight is 233 g/mol. The summed E-state index contributed by atoms with van der Waals surface area (Å²) in [6, 6.07) is 10.6. The Labute approximate surface area is 104 Å². The van der Waals surface area contributed by atoms with E-state index in [2.05, 4.69) is 49.1 Å². The number of likely N-dealkylation sites (tertiary alicyclic amines) is 1. The van der Waals surface area contributed by atoms with Gasteiger partial charge in [-0.1, -0.05) is 30.3 Å². The molecule has 0 aromatic heterocycles. The molecule has 1 atom stereocenters. The quantitative estimate of drug-likeness (QED) is 0.864. The molecule has 2 nitrogen and oxygen atoms in total. The van der Waals surface area contributed by atoms with Gasteiger partial charge in [0.05, 0.1) is 0 Å². The van der Waals surface area contributed by atoms with Crippen LogP contribution >= 0.6 is 0 Å². The van der Waals surface area contributed by atoms with Crippen LogP contribution in [0.3, 0.4) is 0 Å². The molecule has 1 fully saturated rings. The Hall–Kier alpha value is -0.860. The molecule has 0 saturated carbocycles. The zero-order valence-corrected chi connectivity index (χ0v) is 10.9. The summed E-state index contributed by atoms with van der Waals surface area (Å²) >= 11 is 0. The van der Waals surface area contributed by atoms with Crippen LogP contribution in [0.1, 0.15) is 32.3 Å². The summed E-state index contributed by atoms with van der Waals surface area (Å²) in [6.07, 6.45) is 2.13. The molecule has 17 heavy (non-hydrogen) atoms. The van der Waals surface area contributed by atoms with Gasteiger partial charge in [-0.3, -0.25) is 4.90 Å². The van der Waals surface area contributed by atoms with Crippen molar-refractivity contribution < 1.29 is 5.11 Å². The SMILES string of the molecule is CC1(C)CC(CCO)CN1Cc1ccccc1. The second kappa shape index (κ2) is 5.19. The minimum atomic E-state index is 0.260. The molecule has 0 bridgehead atoms. The van der Waals surface area contributed by atoms with Gasteiger partial charge in [-0.25, -0.2) is 0 Å². The zero-order chi connectivity index (χ0) is 12.3. The maximum atomic E-state index is 9.05. The number of benzene rings is 1. The molecule has 1 aromatic carbocycles. The predicted octanol–water partition coefficient (Wildman–Crippen LogP) is 2.67. The lowest BCUT2D eigenvalue weighted by atomic mass is 9.94. The van der Waals surface area contributed by atoms with Gasteiger partial charge in [0.15, 0.2) is 0 Å². The van der Waals surface area contributed by atoms with Crippen LogP contribution in [0, 0.1) is 5.92 Å². The topological polar surface area (TPSA) is 23.5 Å². The lowest BCUT2D eigenvalue weighted by Crippen LogP contribution is -2.37. The van der Waals surface area contributed by atoms with Crippen molar-refractivity contribution in [2.75, 3.05) is 13.2 Å². The van der Waals surface area contributed by atoms with Crippen molar-refractivity contribution in [1.29, 1.82) is 0 Å². The van der Waals surface area contributed by atoms with E-state index < -0.39 is 0 Å². The van der Waals surface area contributed by atoms with Crippen molar-refractivity contribution in [3.8, 4) is 0 Å². The summed E-state index contributed by atoms with van der Waals surface area (Å²) in [5.41, 5.74) is 1.64. The van der Waals surface area contributed by atoms with Crippen LogP contribution in [0.25, 0.3) is 0 Å². The van der Waals surface area contributed by atoms with Crippen molar-refractivity contribution >= 4 is 0 Å². The molecule has 94 valence electrons. The highest BCUT2D eigenvalue weighted by Gasteiger charge is 2.37. The first-order chi connectivity index (χ1) is 8.12. The van der Waals surface area contributed by atoms with Crippen molar-refractivity contribution in [1.82, 2.24) is 4.90 Å². The third-order valence-electron chi connectivity index (χ3n) is 3.88. The van der Waals surface area contributed by atoms with Crippen LogP contribution in [0.5, 0.6) is 0 Å². The molecule has 2 heteroatoms. The molecule has 1 aromatic rings. The molecule has 0 aliphatic carbocycles. The number of rotatable bonds is 4. The standard InChI is InChI=1S/C15H23NO/c1-15(2)10-14(8-9-17)12-16(15)11-13-6-4-3-5-7-13/h3-7,14,17H,8-12H2,1-2H3. The largest absolute Gasteiger partial charge is 0.396 e. The molecule has 1 saturated heterocycles. The Balaban J connectivity index is 2.01. The van der Waals surface area contributed by atoms with Crippen LogP contribution < -0.4 is 0 Å². The fourth-order valence-corrected chi connectivity index (χ4v) is 2.92. The summed E-state index contributed by atoms with van der Waals surface area (Å²) in [6.45, 7) is 7.08. The zero-order valence-electron chi connectivity index (χ0n) is 10.9. The normalized spacial score (nSPS) is 24.1. The Bertz CT molecular complexity index is 347. The van der Waals surface area contributed by atoms with E-state index in [4.69, 9.17) is 5.11 Å². The average Bonchev–Trinajstić information content (AvgIpc) is 2.55. The molecule has 1 unspecified atom stereocenters. The number of hydrogen-bond donors (Lipinski definition) is 1. The van der Waals surface area contributed by atoms with E-state index in [9.17, 15) is 0 Å². The lowest BCUT2D eigenvalue weighted by molar-refractivity contribution is 0.165. The van der Waals surface area contributed by atoms with Crippen molar-refractivity contribution in [2.45, 2.75) is 38.8 Å². The summed E-state index contributed by atoms with van der Waals surface area (Å²) in [5.74, 6) is 0.652. The van der Waals surface area contributed by atoms with E-state index in [0.717, 1.165) is 19.5 Å². The Morgan fingerprint density at radius 2 is 2.00 bits per heavy atom. The van der Waals surface area contributed by atoms with Gasteiger partial charge in [-0.2, -0.15) is 0 Å². The first-order valence-corrected chi connectivity index (χ1v) is 6.51. The maximum Gasteiger partial charge on any atom is 0.0434 e. The molecule has 0 amide bonds. The molecule has 1 aliphatic heterocycles. The second-order valence-corrected chi connectivity index (χ2v) is 5.76. The molecule has 2 rings (SSSR count). The number of hydrogen-bond acceptors (Lipinski definition) is 2. The minimum Gasteiger partial charge on any atom is -0.396 e. The summed E-state index contributed by atoms with van der Waals surface area (Å²) in [5, 5.41) is 9.05. The van der Waals surface area contributed by atoms with Gasteiger partial charge in [0.1, 0.15) is 0 Å². The Kier molecular flexibility index (Phi) is 3.85. The van der Waals surface area contributed by atoms with E-state index >= 15 is 0 Å². The van der Waals surface area contributed by atoms with Crippen LogP contribution in [-0.2, 0) is 6.54 Å². The van der Waals surface area contributed by atoms with E-state index in [1.165, 1.54) is 12.0 Å². The molecular formula is C15H23NO. The Morgan fingerprint density at radius 3 is 2.65 bits per heavy atom. The van der Waals surface area contributed by atoms with Crippen LogP contribution in [0.4, 0.5) is 0 Å². The van der Waals surface area contributed by atoms with Gasteiger partial charge in [0.2, 0.25) is 0 Å². The summed E-state index contributed by atoms with van der Waals surface area (Å²) in [4.78, 5) is 2.54. The molecule has 1 heterocycles. The van der Waals surface area contributed by atoms with Crippen LogP contribution in [0.2, 0.25) is 0 Å². The van der Waals surface area contributed by atoms with Gasteiger partial charge in [0.25, 0.3) is 0 Å². The van der Waals surface area contributed by atoms with Gasteiger partial charge in [-0.15, -0.1) is 0 Å². The van der Waals surface area contributed by atoms with E-state index in [1.807, 2.05) is 0 Å². The Morgan fingerprint density at radius 1 is 1.29 bits per heavy atom. The van der Waals surface area contributed by atoms with Crippen LogP contribution in [-0.4, -0.2) is 28.7 Å². The molecule has 1 N–H and O–H groups in total.